The highest BCUT2D eigenvalue weighted by atomic mass is 16.3. The van der Waals surface area contributed by atoms with E-state index in [1.54, 1.807) is 0 Å². The average Bonchev–Trinajstić information content (AvgIpc) is 2.34. The zero-order valence-corrected chi connectivity index (χ0v) is 10.9. The number of pyridine rings is 1. The number of nitrogens with zero attached hydrogens (tertiary/aromatic N) is 1. The molecule has 1 heterocycles. The lowest BCUT2D eigenvalue weighted by atomic mass is 10.2. The van der Waals surface area contributed by atoms with Crippen molar-refractivity contribution < 1.29 is 9.90 Å². The highest BCUT2D eigenvalue weighted by Crippen LogP contribution is 1.98. The molecule has 1 unspecified atom stereocenters. The van der Waals surface area contributed by atoms with Gasteiger partial charge >= 0.3 is 6.03 Å². The lowest BCUT2D eigenvalue weighted by Gasteiger charge is -2.13. The maximum absolute atomic E-state index is 11.6. The summed E-state index contributed by atoms with van der Waals surface area (Å²) in [4.78, 5) is 15.9. The van der Waals surface area contributed by atoms with Gasteiger partial charge in [0.15, 0.2) is 0 Å². The Morgan fingerprint density at radius 3 is 2.94 bits per heavy atom. The van der Waals surface area contributed by atoms with Crippen molar-refractivity contribution in [2.45, 2.75) is 39.3 Å². The van der Waals surface area contributed by atoms with Gasteiger partial charge in [-0.25, -0.2) is 4.79 Å². The standard InChI is InChI=1S/C13H21N3O2/c1-10-5-3-7-12(15-10)9-14-13(18)16-11(2)6-4-8-17/h3,5,7,11,17H,4,6,8-9H2,1-2H3,(H2,14,16,18). The second kappa shape index (κ2) is 7.66. The summed E-state index contributed by atoms with van der Waals surface area (Å²) in [7, 11) is 0. The molecule has 1 aromatic rings. The van der Waals surface area contributed by atoms with Crippen LogP contribution < -0.4 is 10.6 Å². The minimum Gasteiger partial charge on any atom is -0.396 e. The van der Waals surface area contributed by atoms with Crippen LogP contribution in [0.15, 0.2) is 18.2 Å². The van der Waals surface area contributed by atoms with Crippen molar-refractivity contribution in [2.24, 2.45) is 0 Å². The van der Waals surface area contributed by atoms with Crippen LogP contribution in [-0.4, -0.2) is 28.8 Å². The molecule has 0 bridgehead atoms. The van der Waals surface area contributed by atoms with E-state index in [1.165, 1.54) is 0 Å². The van der Waals surface area contributed by atoms with Crippen LogP contribution in [0.5, 0.6) is 0 Å². The number of carbonyl (C=O) groups is 1. The predicted octanol–water partition coefficient (Wildman–Crippen LogP) is 1.35. The average molecular weight is 251 g/mol. The summed E-state index contributed by atoms with van der Waals surface area (Å²) in [5.41, 5.74) is 1.78. The largest absolute Gasteiger partial charge is 0.396 e. The number of aryl methyl sites for hydroxylation is 1. The van der Waals surface area contributed by atoms with E-state index in [9.17, 15) is 4.79 Å². The topological polar surface area (TPSA) is 74.2 Å². The van der Waals surface area contributed by atoms with Crippen molar-refractivity contribution in [1.29, 1.82) is 0 Å². The highest BCUT2D eigenvalue weighted by Gasteiger charge is 2.06. The van der Waals surface area contributed by atoms with Crippen LogP contribution in [0.2, 0.25) is 0 Å². The van der Waals surface area contributed by atoms with Gasteiger partial charge < -0.3 is 15.7 Å². The molecule has 2 amide bonds. The molecule has 0 aliphatic heterocycles. The van der Waals surface area contributed by atoms with Gasteiger partial charge in [-0.1, -0.05) is 6.07 Å². The van der Waals surface area contributed by atoms with Gasteiger partial charge in [-0.2, -0.15) is 0 Å². The first-order valence-corrected chi connectivity index (χ1v) is 6.19. The molecule has 18 heavy (non-hydrogen) atoms. The molecule has 5 nitrogen and oxygen atoms in total. The molecule has 0 radical (unpaired) electrons. The fraction of sp³-hybridized carbons (Fsp3) is 0.538. The molecule has 3 N–H and O–H groups in total. The van der Waals surface area contributed by atoms with Gasteiger partial charge in [0.25, 0.3) is 0 Å². The number of aliphatic hydroxyl groups is 1. The number of carbonyl (C=O) groups excluding carboxylic acids is 1. The van der Waals surface area contributed by atoms with Crippen molar-refractivity contribution >= 4 is 6.03 Å². The van der Waals surface area contributed by atoms with E-state index < -0.39 is 0 Å². The Morgan fingerprint density at radius 1 is 1.50 bits per heavy atom. The molecule has 0 aliphatic rings. The normalized spacial score (nSPS) is 11.9. The van der Waals surface area contributed by atoms with Crippen LogP contribution in [0.3, 0.4) is 0 Å². The third-order valence-corrected chi connectivity index (χ3v) is 2.55. The summed E-state index contributed by atoms with van der Waals surface area (Å²) in [6.07, 6.45) is 1.47. The smallest absolute Gasteiger partial charge is 0.315 e. The van der Waals surface area contributed by atoms with Crippen LogP contribution in [0.4, 0.5) is 4.79 Å². The highest BCUT2D eigenvalue weighted by molar-refractivity contribution is 5.74. The molecule has 1 atom stereocenters. The van der Waals surface area contributed by atoms with E-state index in [-0.39, 0.29) is 18.7 Å². The van der Waals surface area contributed by atoms with Crippen LogP contribution >= 0.6 is 0 Å². The molecule has 0 aromatic carbocycles. The summed E-state index contributed by atoms with van der Waals surface area (Å²) < 4.78 is 0. The molecule has 0 fully saturated rings. The molecule has 1 rings (SSSR count). The lowest BCUT2D eigenvalue weighted by Crippen LogP contribution is -2.40. The van der Waals surface area contributed by atoms with Crippen molar-refractivity contribution in [3.05, 3.63) is 29.6 Å². The maximum Gasteiger partial charge on any atom is 0.315 e. The first-order valence-electron chi connectivity index (χ1n) is 6.19. The summed E-state index contributed by atoms with van der Waals surface area (Å²) >= 11 is 0. The second-order valence-corrected chi connectivity index (χ2v) is 4.36. The Morgan fingerprint density at radius 2 is 2.28 bits per heavy atom. The van der Waals surface area contributed by atoms with E-state index in [0.717, 1.165) is 17.8 Å². The Labute approximate surface area is 108 Å². The SMILES string of the molecule is Cc1cccc(CNC(=O)NC(C)CCCO)n1. The fourth-order valence-electron chi connectivity index (χ4n) is 1.61. The lowest BCUT2D eigenvalue weighted by molar-refractivity contribution is 0.234. The number of nitrogens with one attached hydrogen (secondary N) is 2. The first kappa shape index (κ1) is 14.4. The Balaban J connectivity index is 2.28. The van der Waals surface area contributed by atoms with E-state index in [0.29, 0.717) is 13.0 Å². The number of urea groups is 1. The molecular formula is C13H21N3O2. The molecule has 0 saturated heterocycles. The third-order valence-electron chi connectivity index (χ3n) is 2.55. The minimum absolute atomic E-state index is 0.0580. The van der Waals surface area contributed by atoms with Crippen LogP contribution in [0, 0.1) is 6.92 Å². The van der Waals surface area contributed by atoms with Crippen LogP contribution in [0.25, 0.3) is 0 Å². The van der Waals surface area contributed by atoms with Crippen LogP contribution in [-0.2, 0) is 6.54 Å². The van der Waals surface area contributed by atoms with Gasteiger partial charge in [0.05, 0.1) is 12.2 Å². The third kappa shape index (κ3) is 5.63. The van der Waals surface area contributed by atoms with Gasteiger partial charge in [-0.3, -0.25) is 4.98 Å². The number of rotatable bonds is 6. The van der Waals surface area contributed by atoms with Crippen molar-refractivity contribution in [1.82, 2.24) is 15.6 Å². The van der Waals surface area contributed by atoms with E-state index in [4.69, 9.17) is 5.11 Å². The monoisotopic (exact) mass is 251 g/mol. The minimum atomic E-state index is -0.205. The molecule has 0 aliphatic carbocycles. The molecule has 100 valence electrons. The molecule has 5 heteroatoms. The number of aliphatic hydroxyl groups excluding tert-OH is 1. The zero-order chi connectivity index (χ0) is 13.4. The summed E-state index contributed by atoms with van der Waals surface area (Å²) in [5, 5.41) is 14.3. The molecule has 0 spiro atoms. The molecule has 0 saturated carbocycles. The summed E-state index contributed by atoms with van der Waals surface area (Å²) in [6, 6.07) is 5.57. The van der Waals surface area contributed by atoms with Gasteiger partial charge in [-0.15, -0.1) is 0 Å². The first-order chi connectivity index (χ1) is 8.61. The van der Waals surface area contributed by atoms with E-state index in [2.05, 4.69) is 15.6 Å². The molecular weight excluding hydrogens is 230 g/mol. The Hall–Kier alpha value is -1.62. The number of aromatic nitrogens is 1. The Kier molecular flexibility index (Phi) is 6.14. The number of hydrogen-bond donors (Lipinski definition) is 3. The van der Waals surface area contributed by atoms with Gasteiger partial charge in [-0.05, 0) is 38.8 Å². The van der Waals surface area contributed by atoms with E-state index >= 15 is 0 Å². The van der Waals surface area contributed by atoms with Gasteiger partial charge in [0.2, 0.25) is 0 Å². The number of hydrogen-bond acceptors (Lipinski definition) is 3. The van der Waals surface area contributed by atoms with Crippen LogP contribution in [0.1, 0.15) is 31.2 Å². The zero-order valence-electron chi connectivity index (χ0n) is 10.9. The Bertz CT molecular complexity index is 382. The van der Waals surface area contributed by atoms with Crippen molar-refractivity contribution in [3.8, 4) is 0 Å². The molecule has 1 aromatic heterocycles. The quantitative estimate of drug-likeness (QED) is 0.714. The summed E-state index contributed by atoms with van der Waals surface area (Å²) in [5.74, 6) is 0. The van der Waals surface area contributed by atoms with Gasteiger partial charge in [0.1, 0.15) is 0 Å². The predicted molar refractivity (Wildman–Crippen MR) is 70.1 cm³/mol. The second-order valence-electron chi connectivity index (χ2n) is 4.36. The van der Waals surface area contributed by atoms with Crippen molar-refractivity contribution in [2.75, 3.05) is 6.61 Å². The fourth-order valence-corrected chi connectivity index (χ4v) is 1.61. The summed E-state index contributed by atoms with van der Waals surface area (Å²) in [6.45, 7) is 4.40. The van der Waals surface area contributed by atoms with E-state index in [1.807, 2.05) is 32.0 Å². The van der Waals surface area contributed by atoms with Crippen molar-refractivity contribution in [3.63, 3.8) is 0 Å². The van der Waals surface area contributed by atoms with Gasteiger partial charge in [0, 0.05) is 18.3 Å². The maximum atomic E-state index is 11.6. The number of amides is 2.